The molecule has 0 amide bonds. The summed E-state index contributed by atoms with van der Waals surface area (Å²) in [5.74, 6) is 0. The molecule has 0 unspecified atom stereocenters. The molecule has 0 saturated heterocycles. The molecule has 1 nitrogen and oxygen atoms in total. The molecule has 0 atom stereocenters. The maximum Gasteiger partial charge on any atom is 0.0384 e. The van der Waals surface area contributed by atoms with Crippen molar-refractivity contribution < 1.29 is 0 Å². The zero-order valence-corrected chi connectivity index (χ0v) is 3.65. The molecule has 0 bridgehead atoms. The normalized spacial score (nSPS) is 21.3. The van der Waals surface area contributed by atoms with Gasteiger partial charge in [-0.25, -0.2) is 5.32 Å². The van der Waals surface area contributed by atoms with E-state index in [0.717, 1.165) is 19.5 Å². The van der Waals surface area contributed by atoms with Gasteiger partial charge < -0.3 is 0 Å². The average molecular weight is 81.1 g/mol. The number of rotatable bonds is 0. The molecule has 32 valence electrons. The van der Waals surface area contributed by atoms with Gasteiger partial charge >= 0.3 is 0 Å². The van der Waals surface area contributed by atoms with E-state index in [-0.39, 0.29) is 0 Å². The van der Waals surface area contributed by atoms with Gasteiger partial charge in [0.15, 0.2) is 0 Å². The third-order valence-electron chi connectivity index (χ3n) is 0.779. The van der Waals surface area contributed by atoms with Crippen LogP contribution in [0.15, 0.2) is 6.08 Å². The molecule has 0 saturated carbocycles. The summed E-state index contributed by atoms with van der Waals surface area (Å²) in [7, 11) is 0. The highest BCUT2D eigenvalue weighted by Crippen LogP contribution is 1.85. The summed E-state index contributed by atoms with van der Waals surface area (Å²) in [6.07, 6.45) is 6.14. The van der Waals surface area contributed by atoms with Gasteiger partial charge in [-0.1, -0.05) is 6.08 Å². The highest BCUT2D eigenvalue weighted by Gasteiger charge is 1.87. The van der Waals surface area contributed by atoms with Crippen molar-refractivity contribution >= 4 is 0 Å². The SMILES string of the molecule is [C]1=CCC[N]C1. The Morgan fingerprint density at radius 1 is 1.67 bits per heavy atom. The first-order valence-electron chi connectivity index (χ1n) is 2.18. The lowest BCUT2D eigenvalue weighted by atomic mass is 10.3. The molecule has 1 heteroatoms. The summed E-state index contributed by atoms with van der Waals surface area (Å²) in [6.45, 7) is 1.83. The van der Waals surface area contributed by atoms with Crippen molar-refractivity contribution in [3.05, 3.63) is 12.2 Å². The standard InChI is InChI=1S/C5H7N/c1-2-4-6-5-3-1/h1H,2,4-5H2. The lowest BCUT2D eigenvalue weighted by Gasteiger charge is -1.98. The van der Waals surface area contributed by atoms with Gasteiger partial charge in [0, 0.05) is 13.1 Å². The van der Waals surface area contributed by atoms with Gasteiger partial charge in [0.1, 0.15) is 0 Å². The number of hydrogen-bond acceptors (Lipinski definition) is 0. The quantitative estimate of drug-likeness (QED) is 0.399. The maximum atomic E-state index is 4.03. The zero-order chi connectivity index (χ0) is 4.24. The summed E-state index contributed by atoms with van der Waals surface area (Å²) in [4.78, 5) is 0. The topological polar surface area (TPSA) is 14.1 Å². The van der Waals surface area contributed by atoms with Gasteiger partial charge in [-0.3, -0.25) is 0 Å². The first-order chi connectivity index (χ1) is 3.00. The molecule has 0 N–H and O–H groups in total. The smallest absolute Gasteiger partial charge is 0.0384 e. The molecule has 1 rings (SSSR count). The Morgan fingerprint density at radius 3 is 2.83 bits per heavy atom. The van der Waals surface area contributed by atoms with E-state index >= 15 is 0 Å². The molecule has 0 fully saturated rings. The Labute approximate surface area is 38.1 Å². The van der Waals surface area contributed by atoms with Crippen molar-refractivity contribution in [1.82, 2.24) is 5.32 Å². The summed E-state index contributed by atoms with van der Waals surface area (Å²) in [5, 5.41) is 4.03. The molecular formula is C5H7N. The molecule has 6 heavy (non-hydrogen) atoms. The Kier molecular flexibility index (Phi) is 1.28. The minimum Gasteiger partial charge on any atom is -0.237 e. The maximum absolute atomic E-state index is 4.03. The van der Waals surface area contributed by atoms with Crippen LogP contribution in [0.4, 0.5) is 0 Å². The van der Waals surface area contributed by atoms with E-state index in [9.17, 15) is 0 Å². The summed E-state index contributed by atoms with van der Waals surface area (Å²) < 4.78 is 0. The third kappa shape index (κ3) is 0.830. The van der Waals surface area contributed by atoms with E-state index in [1.807, 2.05) is 6.08 Å². The fourth-order valence-corrected chi connectivity index (χ4v) is 0.466. The van der Waals surface area contributed by atoms with Gasteiger partial charge in [0.05, 0.1) is 0 Å². The van der Waals surface area contributed by atoms with E-state index in [1.165, 1.54) is 0 Å². The van der Waals surface area contributed by atoms with E-state index in [0.29, 0.717) is 0 Å². The van der Waals surface area contributed by atoms with Crippen molar-refractivity contribution in [2.45, 2.75) is 6.42 Å². The average Bonchev–Trinajstić information content (AvgIpc) is 1.72. The van der Waals surface area contributed by atoms with E-state index in [2.05, 4.69) is 11.4 Å². The molecule has 1 heterocycles. The first kappa shape index (κ1) is 3.88. The van der Waals surface area contributed by atoms with Gasteiger partial charge in [-0.2, -0.15) is 0 Å². The first-order valence-corrected chi connectivity index (χ1v) is 2.18. The van der Waals surface area contributed by atoms with Crippen LogP contribution in [0.2, 0.25) is 0 Å². The Hall–Kier alpha value is -0.300. The highest BCUT2D eigenvalue weighted by atomic mass is 14.8. The monoisotopic (exact) mass is 81.1 g/mol. The zero-order valence-electron chi connectivity index (χ0n) is 3.65. The van der Waals surface area contributed by atoms with Crippen LogP contribution in [-0.4, -0.2) is 13.1 Å². The fourth-order valence-electron chi connectivity index (χ4n) is 0.466. The van der Waals surface area contributed by atoms with Crippen molar-refractivity contribution in [3.8, 4) is 0 Å². The van der Waals surface area contributed by atoms with Gasteiger partial charge in [0.25, 0.3) is 0 Å². The van der Waals surface area contributed by atoms with Crippen LogP contribution in [0.5, 0.6) is 0 Å². The van der Waals surface area contributed by atoms with Crippen LogP contribution in [0, 0.1) is 6.08 Å². The van der Waals surface area contributed by atoms with E-state index in [4.69, 9.17) is 0 Å². The van der Waals surface area contributed by atoms with Crippen LogP contribution < -0.4 is 5.32 Å². The Balaban J connectivity index is 2.26. The second-order valence-electron chi connectivity index (χ2n) is 1.30. The van der Waals surface area contributed by atoms with Crippen molar-refractivity contribution in [1.29, 1.82) is 0 Å². The van der Waals surface area contributed by atoms with E-state index in [1.54, 1.807) is 0 Å². The minimum atomic E-state index is 0.819. The van der Waals surface area contributed by atoms with Gasteiger partial charge in [-0.05, 0) is 12.5 Å². The van der Waals surface area contributed by atoms with Crippen molar-refractivity contribution in [3.63, 3.8) is 0 Å². The molecule has 2 radical (unpaired) electrons. The predicted octanol–water partition coefficient (Wildman–Crippen LogP) is 0.354. The van der Waals surface area contributed by atoms with Gasteiger partial charge in [0.2, 0.25) is 0 Å². The van der Waals surface area contributed by atoms with Crippen LogP contribution >= 0.6 is 0 Å². The molecule has 1 aliphatic heterocycles. The largest absolute Gasteiger partial charge is 0.237 e. The number of hydrogen-bond donors (Lipinski definition) is 0. The molecular weight excluding hydrogens is 74.1 g/mol. The molecule has 0 aromatic carbocycles. The van der Waals surface area contributed by atoms with E-state index < -0.39 is 0 Å². The molecule has 0 aliphatic carbocycles. The van der Waals surface area contributed by atoms with Crippen molar-refractivity contribution in [2.75, 3.05) is 13.1 Å². The fraction of sp³-hybridized carbons (Fsp3) is 0.600. The van der Waals surface area contributed by atoms with Crippen molar-refractivity contribution in [2.24, 2.45) is 0 Å². The Morgan fingerprint density at radius 2 is 2.67 bits per heavy atom. The molecule has 0 aromatic heterocycles. The van der Waals surface area contributed by atoms with Crippen LogP contribution in [0.3, 0.4) is 0 Å². The molecule has 1 aliphatic rings. The molecule has 0 spiro atoms. The summed E-state index contributed by atoms with van der Waals surface area (Å²) in [6, 6.07) is 0. The lowest BCUT2D eigenvalue weighted by Crippen LogP contribution is -2.09. The predicted molar refractivity (Wildman–Crippen MR) is 24.3 cm³/mol. The third-order valence-corrected chi connectivity index (χ3v) is 0.779. The van der Waals surface area contributed by atoms with Crippen LogP contribution in [0.25, 0.3) is 0 Å². The number of nitrogens with zero attached hydrogens (tertiary/aromatic N) is 1. The summed E-state index contributed by atoms with van der Waals surface area (Å²) >= 11 is 0. The lowest BCUT2D eigenvalue weighted by molar-refractivity contribution is 0.703. The van der Waals surface area contributed by atoms with Gasteiger partial charge in [-0.15, -0.1) is 0 Å². The summed E-state index contributed by atoms with van der Waals surface area (Å²) in [5.41, 5.74) is 0. The van der Waals surface area contributed by atoms with Crippen LogP contribution in [0.1, 0.15) is 6.42 Å². The second-order valence-corrected chi connectivity index (χ2v) is 1.30. The Bertz CT molecular complexity index is 49.0. The highest BCUT2D eigenvalue weighted by molar-refractivity contribution is 4.80. The minimum absolute atomic E-state index is 0.819. The second kappa shape index (κ2) is 1.98. The molecule has 0 aromatic rings. The van der Waals surface area contributed by atoms with Crippen LogP contribution in [-0.2, 0) is 0 Å².